The Hall–Kier alpha value is -0.610. The summed E-state index contributed by atoms with van der Waals surface area (Å²) in [7, 11) is 0. The number of unbranched alkanes of at least 4 members (excludes halogenated alkanes) is 2. The van der Waals surface area contributed by atoms with Gasteiger partial charge < -0.3 is 10.2 Å². The highest BCUT2D eigenvalue weighted by atomic mass is 32.1. The summed E-state index contributed by atoms with van der Waals surface area (Å²) >= 11 is 7.53. The maximum Gasteiger partial charge on any atom is 0.169 e. The van der Waals surface area contributed by atoms with Crippen LogP contribution >= 0.6 is 23.6 Å². The zero-order valence-electron chi connectivity index (χ0n) is 13.3. The van der Waals surface area contributed by atoms with Crippen molar-refractivity contribution in [3.8, 4) is 0 Å². The molecule has 1 aromatic heterocycles. The number of rotatable bonds is 9. The van der Waals surface area contributed by atoms with Crippen LogP contribution in [0.25, 0.3) is 0 Å². The number of hydrogen-bond donors (Lipinski definition) is 1. The molecule has 0 aliphatic heterocycles. The zero-order valence-corrected chi connectivity index (χ0v) is 14.9. The van der Waals surface area contributed by atoms with E-state index in [2.05, 4.69) is 41.6 Å². The van der Waals surface area contributed by atoms with Gasteiger partial charge in [0.2, 0.25) is 0 Å². The van der Waals surface area contributed by atoms with E-state index in [9.17, 15) is 0 Å². The average molecular weight is 325 g/mol. The van der Waals surface area contributed by atoms with Crippen LogP contribution in [0, 0.1) is 0 Å². The first-order valence-electron chi connectivity index (χ1n) is 8.34. The van der Waals surface area contributed by atoms with Gasteiger partial charge in [-0.15, -0.1) is 11.3 Å². The van der Waals surface area contributed by atoms with Crippen LogP contribution in [0.1, 0.15) is 63.7 Å². The van der Waals surface area contributed by atoms with Gasteiger partial charge in [-0.3, -0.25) is 0 Å². The van der Waals surface area contributed by atoms with Crippen LogP contribution in [-0.4, -0.2) is 22.1 Å². The van der Waals surface area contributed by atoms with Gasteiger partial charge in [0.1, 0.15) is 0 Å². The fourth-order valence-electron chi connectivity index (χ4n) is 2.60. The molecule has 1 aliphatic carbocycles. The lowest BCUT2D eigenvalue weighted by atomic mass is 10.1. The monoisotopic (exact) mass is 324 g/mol. The van der Waals surface area contributed by atoms with Gasteiger partial charge in [-0.05, 0) is 49.3 Å². The van der Waals surface area contributed by atoms with Gasteiger partial charge in [0.25, 0.3) is 0 Å². The molecule has 1 aromatic rings. The van der Waals surface area contributed by atoms with E-state index < -0.39 is 0 Å². The lowest BCUT2D eigenvalue weighted by molar-refractivity contribution is 0.384. The Morgan fingerprint density at radius 3 is 2.81 bits per heavy atom. The maximum atomic E-state index is 5.71. The summed E-state index contributed by atoms with van der Waals surface area (Å²) in [5.74, 6) is 0. The molecular formula is C17H28N2S2. The molecule has 1 saturated carbocycles. The highest BCUT2D eigenvalue weighted by molar-refractivity contribution is 7.80. The summed E-state index contributed by atoms with van der Waals surface area (Å²) in [5, 5.41) is 6.74. The van der Waals surface area contributed by atoms with Crippen LogP contribution in [0.5, 0.6) is 0 Å². The van der Waals surface area contributed by atoms with E-state index in [1.165, 1.54) is 43.4 Å². The van der Waals surface area contributed by atoms with Gasteiger partial charge in [-0.1, -0.05) is 39.2 Å². The van der Waals surface area contributed by atoms with Gasteiger partial charge in [0, 0.05) is 17.0 Å². The van der Waals surface area contributed by atoms with Crippen LogP contribution < -0.4 is 5.32 Å². The van der Waals surface area contributed by atoms with Crippen LogP contribution in [0.4, 0.5) is 0 Å². The third-order valence-electron chi connectivity index (χ3n) is 4.13. The summed E-state index contributed by atoms with van der Waals surface area (Å²) in [5.41, 5.74) is 0. The molecule has 0 spiro atoms. The van der Waals surface area contributed by atoms with E-state index in [-0.39, 0.29) is 0 Å². The third-order valence-corrected chi connectivity index (χ3v) is 5.34. The van der Waals surface area contributed by atoms with Crippen LogP contribution in [-0.2, 0) is 6.54 Å². The molecule has 118 valence electrons. The van der Waals surface area contributed by atoms with E-state index in [0.29, 0.717) is 12.1 Å². The quantitative estimate of drug-likeness (QED) is 0.511. The number of thiocarbonyl (C=S) groups is 1. The Morgan fingerprint density at radius 1 is 1.43 bits per heavy atom. The van der Waals surface area contributed by atoms with Gasteiger partial charge in [0.05, 0.1) is 6.54 Å². The predicted molar refractivity (Wildman–Crippen MR) is 96.8 cm³/mol. The van der Waals surface area contributed by atoms with Gasteiger partial charge in [0.15, 0.2) is 5.11 Å². The summed E-state index contributed by atoms with van der Waals surface area (Å²) in [4.78, 5) is 3.81. The molecule has 1 atom stereocenters. The molecule has 2 nitrogen and oxygen atoms in total. The van der Waals surface area contributed by atoms with Crippen molar-refractivity contribution >= 4 is 28.7 Å². The zero-order chi connectivity index (χ0) is 15.1. The fraction of sp³-hybridized carbons (Fsp3) is 0.706. The molecule has 0 amide bonds. The lowest BCUT2D eigenvalue weighted by Crippen LogP contribution is -2.45. The first-order chi connectivity index (χ1) is 10.2. The van der Waals surface area contributed by atoms with Crippen molar-refractivity contribution in [2.75, 3.05) is 0 Å². The Labute approximate surface area is 138 Å². The van der Waals surface area contributed by atoms with E-state index in [1.807, 2.05) is 11.3 Å². The maximum absolute atomic E-state index is 5.71. The molecule has 2 rings (SSSR count). The smallest absolute Gasteiger partial charge is 0.169 e. The van der Waals surface area contributed by atoms with Crippen molar-refractivity contribution in [2.24, 2.45) is 0 Å². The minimum atomic E-state index is 0.536. The molecule has 1 heterocycles. The largest absolute Gasteiger partial charge is 0.360 e. The van der Waals surface area contributed by atoms with Crippen molar-refractivity contribution in [1.29, 1.82) is 0 Å². The average Bonchev–Trinajstić information content (AvgIpc) is 3.20. The Balaban J connectivity index is 1.85. The van der Waals surface area contributed by atoms with E-state index >= 15 is 0 Å². The topological polar surface area (TPSA) is 15.3 Å². The van der Waals surface area contributed by atoms with Crippen molar-refractivity contribution in [3.63, 3.8) is 0 Å². The number of nitrogens with zero attached hydrogens (tertiary/aromatic N) is 1. The second kappa shape index (κ2) is 8.74. The second-order valence-corrected chi connectivity index (χ2v) is 7.41. The molecule has 1 unspecified atom stereocenters. The summed E-state index contributed by atoms with van der Waals surface area (Å²) < 4.78 is 0. The molecular weight excluding hydrogens is 296 g/mol. The SMILES string of the molecule is CCCCCC(CC)NC(=S)N(Cc1cccs1)C1CC1. The molecule has 4 heteroatoms. The molecule has 1 fully saturated rings. The van der Waals surface area contributed by atoms with Crippen molar-refractivity contribution in [2.45, 2.75) is 77.4 Å². The molecule has 1 aliphatic rings. The van der Waals surface area contributed by atoms with Crippen LogP contribution in [0.15, 0.2) is 17.5 Å². The fourth-order valence-corrected chi connectivity index (χ4v) is 3.68. The minimum Gasteiger partial charge on any atom is -0.360 e. The van der Waals surface area contributed by atoms with E-state index in [0.717, 1.165) is 18.1 Å². The standard InChI is InChI=1S/C17H28N2S2/c1-3-5-6-8-14(4-2)18-17(20)19(15-10-11-15)13-16-9-7-12-21-16/h7,9,12,14-15H,3-6,8,10-11,13H2,1-2H3,(H,18,20). The Kier molecular flexibility index (Phi) is 6.97. The first kappa shape index (κ1) is 16.8. The minimum absolute atomic E-state index is 0.536. The summed E-state index contributed by atoms with van der Waals surface area (Å²) in [6, 6.07) is 5.54. The number of nitrogens with one attached hydrogen (secondary N) is 1. The number of thiophene rings is 1. The highest BCUT2D eigenvalue weighted by Gasteiger charge is 2.31. The highest BCUT2D eigenvalue weighted by Crippen LogP contribution is 2.29. The van der Waals surface area contributed by atoms with Crippen LogP contribution in [0.2, 0.25) is 0 Å². The Bertz CT molecular complexity index is 412. The number of hydrogen-bond acceptors (Lipinski definition) is 2. The van der Waals surface area contributed by atoms with Crippen LogP contribution in [0.3, 0.4) is 0 Å². The Morgan fingerprint density at radius 2 is 2.24 bits per heavy atom. The van der Waals surface area contributed by atoms with Crippen molar-refractivity contribution in [3.05, 3.63) is 22.4 Å². The van der Waals surface area contributed by atoms with Gasteiger partial charge >= 0.3 is 0 Å². The molecule has 21 heavy (non-hydrogen) atoms. The molecule has 0 bridgehead atoms. The molecule has 1 N–H and O–H groups in total. The molecule has 0 saturated heterocycles. The second-order valence-electron chi connectivity index (χ2n) is 5.99. The van der Waals surface area contributed by atoms with Gasteiger partial charge in [-0.2, -0.15) is 0 Å². The predicted octanol–water partition coefficient (Wildman–Crippen LogP) is 4.95. The molecule has 0 aromatic carbocycles. The van der Waals surface area contributed by atoms with Crippen molar-refractivity contribution < 1.29 is 0 Å². The lowest BCUT2D eigenvalue weighted by Gasteiger charge is -2.28. The normalized spacial score (nSPS) is 15.7. The van der Waals surface area contributed by atoms with Gasteiger partial charge in [-0.25, -0.2) is 0 Å². The van der Waals surface area contributed by atoms with E-state index in [1.54, 1.807) is 0 Å². The summed E-state index contributed by atoms with van der Waals surface area (Å²) in [6.07, 6.45) is 8.89. The van der Waals surface area contributed by atoms with E-state index in [4.69, 9.17) is 12.2 Å². The third kappa shape index (κ3) is 5.59. The summed E-state index contributed by atoms with van der Waals surface area (Å²) in [6.45, 7) is 5.49. The molecule has 0 radical (unpaired) electrons. The first-order valence-corrected chi connectivity index (χ1v) is 9.62. The van der Waals surface area contributed by atoms with Crippen molar-refractivity contribution in [1.82, 2.24) is 10.2 Å².